The molecule has 0 aromatic carbocycles. The molecule has 2 N–H and O–H groups in total. The highest BCUT2D eigenvalue weighted by atomic mass is 16.6. The number of hydrogen-bond acceptors (Lipinski definition) is 4. The van der Waals surface area contributed by atoms with Gasteiger partial charge in [-0.1, -0.05) is 0 Å². The highest BCUT2D eigenvalue weighted by Crippen LogP contribution is 2.22. The summed E-state index contributed by atoms with van der Waals surface area (Å²) in [5, 5.41) is 0. The fourth-order valence-electron chi connectivity index (χ4n) is 2.15. The van der Waals surface area contributed by atoms with E-state index in [0.717, 1.165) is 13.0 Å². The molecule has 0 spiro atoms. The summed E-state index contributed by atoms with van der Waals surface area (Å²) >= 11 is 0. The van der Waals surface area contributed by atoms with Crippen LogP contribution < -0.4 is 5.73 Å². The molecule has 0 aliphatic carbocycles. The van der Waals surface area contributed by atoms with Crippen molar-refractivity contribution in [2.45, 2.75) is 45.8 Å². The summed E-state index contributed by atoms with van der Waals surface area (Å²) in [6.07, 6.45) is 1.08. The fourth-order valence-corrected chi connectivity index (χ4v) is 2.15. The quantitative estimate of drug-likeness (QED) is 0.732. The van der Waals surface area contributed by atoms with Crippen LogP contribution in [0.5, 0.6) is 0 Å². The van der Waals surface area contributed by atoms with Crippen LogP contribution in [-0.4, -0.2) is 42.1 Å². The van der Waals surface area contributed by atoms with Crippen LogP contribution in [0.2, 0.25) is 0 Å². The number of carbonyl (C=O) groups is 1. The molecule has 1 aliphatic heterocycles. The van der Waals surface area contributed by atoms with Gasteiger partial charge in [0.1, 0.15) is 5.60 Å². The van der Waals surface area contributed by atoms with E-state index in [1.807, 2.05) is 20.8 Å². The highest BCUT2D eigenvalue weighted by Gasteiger charge is 2.30. The summed E-state index contributed by atoms with van der Waals surface area (Å²) < 4.78 is 5.30. The van der Waals surface area contributed by atoms with E-state index in [4.69, 9.17) is 10.5 Å². The normalized spacial score (nSPS) is 27.1. The molecule has 1 saturated heterocycles. The van der Waals surface area contributed by atoms with E-state index in [-0.39, 0.29) is 5.97 Å². The van der Waals surface area contributed by atoms with Gasteiger partial charge in [-0.25, -0.2) is 0 Å². The highest BCUT2D eigenvalue weighted by molar-refractivity contribution is 5.72. The number of ether oxygens (including phenoxy) is 1. The van der Waals surface area contributed by atoms with Crippen molar-refractivity contribution >= 4 is 5.97 Å². The predicted molar refractivity (Wildman–Crippen MR) is 64.0 cm³/mol. The minimum Gasteiger partial charge on any atom is -0.459 e. The van der Waals surface area contributed by atoms with E-state index in [0.29, 0.717) is 25.0 Å². The number of likely N-dealkylation sites (tertiary alicyclic amines) is 1. The number of nitrogens with two attached hydrogens (primary N) is 1. The Labute approximate surface area is 98.1 Å². The standard InChI is InChI=1S/C12H24N2O2/c1-9-5-10(6-13)7-14(9)8-11(15)16-12(2,3)4/h9-10H,5-8,13H2,1-4H3. The molecule has 0 aromatic heterocycles. The third kappa shape index (κ3) is 4.10. The lowest BCUT2D eigenvalue weighted by Crippen LogP contribution is -2.37. The minimum absolute atomic E-state index is 0.142. The van der Waals surface area contributed by atoms with Crippen LogP contribution in [0.3, 0.4) is 0 Å². The third-order valence-electron chi connectivity index (χ3n) is 2.88. The number of rotatable bonds is 3. The second-order valence-corrected chi connectivity index (χ2v) is 5.70. The lowest BCUT2D eigenvalue weighted by molar-refractivity contribution is -0.156. The van der Waals surface area contributed by atoms with E-state index in [9.17, 15) is 4.79 Å². The Kier molecular flexibility index (Phi) is 4.33. The largest absolute Gasteiger partial charge is 0.459 e. The van der Waals surface area contributed by atoms with Crippen molar-refractivity contribution in [3.8, 4) is 0 Å². The Morgan fingerprint density at radius 3 is 2.56 bits per heavy atom. The van der Waals surface area contributed by atoms with Gasteiger partial charge in [0, 0.05) is 12.6 Å². The molecule has 4 heteroatoms. The molecule has 94 valence electrons. The first-order valence-corrected chi connectivity index (χ1v) is 5.98. The molecule has 1 aliphatic rings. The molecule has 16 heavy (non-hydrogen) atoms. The monoisotopic (exact) mass is 228 g/mol. The molecule has 0 aromatic rings. The van der Waals surface area contributed by atoms with Crippen LogP contribution in [0, 0.1) is 5.92 Å². The van der Waals surface area contributed by atoms with Crippen molar-refractivity contribution in [3.63, 3.8) is 0 Å². The van der Waals surface area contributed by atoms with E-state index >= 15 is 0 Å². The molecule has 1 fully saturated rings. The Balaban J connectivity index is 2.40. The first kappa shape index (κ1) is 13.5. The second-order valence-electron chi connectivity index (χ2n) is 5.70. The maximum absolute atomic E-state index is 11.7. The summed E-state index contributed by atoms with van der Waals surface area (Å²) in [6.45, 7) is 9.81. The van der Waals surface area contributed by atoms with Crippen molar-refractivity contribution in [2.75, 3.05) is 19.6 Å². The van der Waals surface area contributed by atoms with Crippen molar-refractivity contribution in [3.05, 3.63) is 0 Å². The summed E-state index contributed by atoms with van der Waals surface area (Å²) in [4.78, 5) is 13.8. The average Bonchev–Trinajstić information content (AvgIpc) is 2.44. The Morgan fingerprint density at radius 2 is 2.12 bits per heavy atom. The molecule has 2 atom stereocenters. The van der Waals surface area contributed by atoms with Crippen molar-refractivity contribution in [2.24, 2.45) is 11.7 Å². The van der Waals surface area contributed by atoms with Gasteiger partial charge in [-0.05, 0) is 46.6 Å². The van der Waals surface area contributed by atoms with E-state index in [2.05, 4.69) is 11.8 Å². The van der Waals surface area contributed by atoms with Gasteiger partial charge in [0.15, 0.2) is 0 Å². The fraction of sp³-hybridized carbons (Fsp3) is 0.917. The smallest absolute Gasteiger partial charge is 0.320 e. The van der Waals surface area contributed by atoms with Gasteiger partial charge in [-0.15, -0.1) is 0 Å². The summed E-state index contributed by atoms with van der Waals surface area (Å²) in [5.41, 5.74) is 5.25. The first-order valence-electron chi connectivity index (χ1n) is 5.98. The zero-order chi connectivity index (χ0) is 12.3. The van der Waals surface area contributed by atoms with Crippen LogP contribution in [-0.2, 0) is 9.53 Å². The van der Waals surface area contributed by atoms with Crippen LogP contribution >= 0.6 is 0 Å². The Bertz CT molecular complexity index is 248. The molecular weight excluding hydrogens is 204 g/mol. The van der Waals surface area contributed by atoms with E-state index in [1.54, 1.807) is 0 Å². The van der Waals surface area contributed by atoms with E-state index < -0.39 is 5.60 Å². The third-order valence-corrected chi connectivity index (χ3v) is 2.88. The van der Waals surface area contributed by atoms with Gasteiger partial charge in [0.2, 0.25) is 0 Å². The lowest BCUT2D eigenvalue weighted by Gasteiger charge is -2.24. The molecule has 1 heterocycles. The van der Waals surface area contributed by atoms with Crippen LogP contribution in [0.1, 0.15) is 34.1 Å². The van der Waals surface area contributed by atoms with Crippen molar-refractivity contribution < 1.29 is 9.53 Å². The van der Waals surface area contributed by atoms with Crippen molar-refractivity contribution in [1.29, 1.82) is 0 Å². The maximum atomic E-state index is 11.7. The van der Waals surface area contributed by atoms with Gasteiger partial charge >= 0.3 is 5.97 Å². The molecular formula is C12H24N2O2. The van der Waals surface area contributed by atoms with Gasteiger partial charge < -0.3 is 10.5 Å². The molecule has 0 amide bonds. The van der Waals surface area contributed by atoms with Crippen LogP contribution in [0.15, 0.2) is 0 Å². The molecule has 0 saturated carbocycles. The molecule has 2 unspecified atom stereocenters. The predicted octanol–water partition coefficient (Wildman–Crippen LogP) is 0.997. The number of hydrogen-bond donors (Lipinski definition) is 1. The van der Waals surface area contributed by atoms with Gasteiger partial charge in [-0.3, -0.25) is 9.69 Å². The summed E-state index contributed by atoms with van der Waals surface area (Å²) in [7, 11) is 0. The zero-order valence-corrected chi connectivity index (χ0v) is 10.8. The average molecular weight is 228 g/mol. The molecule has 0 radical (unpaired) electrons. The Hall–Kier alpha value is -0.610. The van der Waals surface area contributed by atoms with Crippen LogP contribution in [0.4, 0.5) is 0 Å². The van der Waals surface area contributed by atoms with E-state index in [1.165, 1.54) is 0 Å². The van der Waals surface area contributed by atoms with Crippen LogP contribution in [0.25, 0.3) is 0 Å². The van der Waals surface area contributed by atoms with Crippen molar-refractivity contribution in [1.82, 2.24) is 4.90 Å². The number of carbonyl (C=O) groups excluding carboxylic acids is 1. The molecule has 1 rings (SSSR count). The molecule has 4 nitrogen and oxygen atoms in total. The number of esters is 1. The first-order chi connectivity index (χ1) is 7.31. The Morgan fingerprint density at radius 1 is 1.50 bits per heavy atom. The lowest BCUT2D eigenvalue weighted by atomic mass is 10.1. The zero-order valence-electron chi connectivity index (χ0n) is 10.8. The molecule has 0 bridgehead atoms. The SMILES string of the molecule is CC1CC(CN)CN1CC(=O)OC(C)(C)C. The number of nitrogens with zero attached hydrogens (tertiary/aromatic N) is 1. The summed E-state index contributed by atoms with van der Waals surface area (Å²) in [5.74, 6) is 0.384. The minimum atomic E-state index is -0.396. The topological polar surface area (TPSA) is 55.6 Å². The maximum Gasteiger partial charge on any atom is 0.320 e. The summed E-state index contributed by atoms with van der Waals surface area (Å²) in [6, 6.07) is 0.432. The van der Waals surface area contributed by atoms with Gasteiger partial charge in [0.05, 0.1) is 6.54 Å². The van der Waals surface area contributed by atoms with Gasteiger partial charge in [0.25, 0.3) is 0 Å². The van der Waals surface area contributed by atoms with Gasteiger partial charge in [-0.2, -0.15) is 0 Å². The second kappa shape index (κ2) is 5.15.